The Labute approximate surface area is 118 Å². The third-order valence-corrected chi connectivity index (χ3v) is 5.40. The van der Waals surface area contributed by atoms with Crippen LogP contribution in [0.15, 0.2) is 12.1 Å². The lowest BCUT2D eigenvalue weighted by atomic mass is 10.1. The van der Waals surface area contributed by atoms with Crippen molar-refractivity contribution in [3.05, 3.63) is 28.3 Å². The maximum atomic E-state index is 13.6. The SMILES string of the molecule is Cc1cc2c(cc1F)[nH]c(=S)n2C1CCS(=O)CC1. The molecule has 1 N–H and O–H groups in total. The van der Waals surface area contributed by atoms with Crippen LogP contribution in [0.3, 0.4) is 0 Å². The fourth-order valence-corrected chi connectivity index (χ4v) is 4.28. The predicted molar refractivity (Wildman–Crippen MR) is 78.0 cm³/mol. The van der Waals surface area contributed by atoms with Gasteiger partial charge in [-0.15, -0.1) is 0 Å². The molecule has 3 rings (SSSR count). The van der Waals surface area contributed by atoms with Crippen molar-refractivity contribution in [2.24, 2.45) is 0 Å². The van der Waals surface area contributed by atoms with Crippen LogP contribution >= 0.6 is 12.2 Å². The molecule has 0 unspecified atom stereocenters. The Hall–Kier alpha value is -1.01. The van der Waals surface area contributed by atoms with Gasteiger partial charge in [0.2, 0.25) is 0 Å². The number of aromatic amines is 1. The van der Waals surface area contributed by atoms with E-state index in [0.717, 1.165) is 35.4 Å². The fourth-order valence-electron chi connectivity index (χ4n) is 2.65. The van der Waals surface area contributed by atoms with Crippen molar-refractivity contribution in [2.45, 2.75) is 25.8 Å². The van der Waals surface area contributed by atoms with E-state index in [1.807, 2.05) is 6.07 Å². The highest BCUT2D eigenvalue weighted by molar-refractivity contribution is 7.85. The molecule has 6 heteroatoms. The fraction of sp³-hybridized carbons (Fsp3) is 0.462. The molecule has 1 saturated heterocycles. The first kappa shape index (κ1) is 13.0. The molecule has 19 heavy (non-hydrogen) atoms. The van der Waals surface area contributed by atoms with Crippen molar-refractivity contribution >= 4 is 34.1 Å². The normalized spacial score (nSPS) is 23.9. The van der Waals surface area contributed by atoms with Crippen molar-refractivity contribution in [1.82, 2.24) is 9.55 Å². The number of fused-ring (bicyclic) bond motifs is 1. The number of H-pyrrole nitrogens is 1. The van der Waals surface area contributed by atoms with Crippen LogP contribution < -0.4 is 0 Å². The molecule has 0 atom stereocenters. The number of halogens is 1. The summed E-state index contributed by atoms with van der Waals surface area (Å²) < 4.78 is 27.7. The number of hydrogen-bond acceptors (Lipinski definition) is 2. The van der Waals surface area contributed by atoms with Crippen LogP contribution in [-0.4, -0.2) is 25.3 Å². The molecule has 0 bridgehead atoms. The van der Waals surface area contributed by atoms with Gasteiger partial charge in [0.15, 0.2) is 4.77 Å². The standard InChI is InChI=1S/C13H15FN2OS2/c1-8-6-12-11(7-10(8)14)15-13(18)16(12)9-2-4-19(17)5-3-9/h6-7,9H,2-5H2,1H3,(H,15,18). The molecule has 3 nitrogen and oxygen atoms in total. The van der Waals surface area contributed by atoms with Crippen LogP contribution in [-0.2, 0) is 10.8 Å². The highest BCUT2D eigenvalue weighted by Crippen LogP contribution is 2.28. The van der Waals surface area contributed by atoms with Crippen molar-refractivity contribution in [1.29, 1.82) is 0 Å². The van der Waals surface area contributed by atoms with Crippen LogP contribution in [0, 0.1) is 17.5 Å². The van der Waals surface area contributed by atoms with Gasteiger partial charge in [0.05, 0.1) is 11.0 Å². The zero-order chi connectivity index (χ0) is 13.6. The molecule has 1 aliphatic rings. The second-order valence-electron chi connectivity index (χ2n) is 5.00. The summed E-state index contributed by atoms with van der Waals surface area (Å²) in [5.41, 5.74) is 2.30. The van der Waals surface area contributed by atoms with Gasteiger partial charge in [-0.05, 0) is 49.7 Å². The molecule has 0 saturated carbocycles. The van der Waals surface area contributed by atoms with Gasteiger partial charge in [0.1, 0.15) is 5.82 Å². The summed E-state index contributed by atoms with van der Waals surface area (Å²) in [7, 11) is -0.688. The molecular formula is C13H15FN2OS2. The Balaban J connectivity index is 2.12. The van der Waals surface area contributed by atoms with Gasteiger partial charge in [-0.25, -0.2) is 4.39 Å². The molecular weight excluding hydrogens is 283 g/mol. The smallest absolute Gasteiger partial charge is 0.178 e. The maximum Gasteiger partial charge on any atom is 0.178 e. The third kappa shape index (κ3) is 2.27. The lowest BCUT2D eigenvalue weighted by Gasteiger charge is -2.23. The van der Waals surface area contributed by atoms with E-state index in [2.05, 4.69) is 9.55 Å². The molecule has 1 aliphatic heterocycles. The summed E-state index contributed by atoms with van der Waals surface area (Å²) in [6.45, 7) is 1.76. The van der Waals surface area contributed by atoms with Crippen molar-refractivity contribution in [2.75, 3.05) is 11.5 Å². The van der Waals surface area contributed by atoms with Crippen LogP contribution in [0.25, 0.3) is 11.0 Å². The quantitative estimate of drug-likeness (QED) is 0.821. The molecule has 1 fully saturated rings. The average Bonchev–Trinajstić information content (AvgIpc) is 2.67. The zero-order valence-electron chi connectivity index (χ0n) is 10.6. The first-order chi connectivity index (χ1) is 9.06. The Morgan fingerprint density at radius 1 is 1.42 bits per heavy atom. The minimum Gasteiger partial charge on any atom is -0.330 e. The van der Waals surface area contributed by atoms with Gasteiger partial charge in [-0.1, -0.05) is 0 Å². The number of hydrogen-bond donors (Lipinski definition) is 1. The summed E-state index contributed by atoms with van der Waals surface area (Å²) in [4.78, 5) is 3.07. The Morgan fingerprint density at radius 2 is 2.11 bits per heavy atom. The zero-order valence-corrected chi connectivity index (χ0v) is 12.2. The summed E-state index contributed by atoms with van der Waals surface area (Å²) in [5, 5.41) is 0. The molecule has 0 radical (unpaired) electrons. The van der Waals surface area contributed by atoms with E-state index in [4.69, 9.17) is 12.2 Å². The van der Waals surface area contributed by atoms with Crippen molar-refractivity contribution in [3.63, 3.8) is 0 Å². The van der Waals surface area contributed by atoms with E-state index >= 15 is 0 Å². The first-order valence-corrected chi connectivity index (χ1v) is 8.21. The van der Waals surface area contributed by atoms with Crippen LogP contribution in [0.4, 0.5) is 4.39 Å². The van der Waals surface area contributed by atoms with Gasteiger partial charge < -0.3 is 9.55 Å². The van der Waals surface area contributed by atoms with Gasteiger partial charge in [0, 0.05) is 28.3 Å². The number of aryl methyl sites for hydroxylation is 1. The number of benzene rings is 1. The Bertz CT molecular complexity index is 709. The summed E-state index contributed by atoms with van der Waals surface area (Å²) in [6, 6.07) is 3.60. The van der Waals surface area contributed by atoms with Crippen molar-refractivity contribution in [3.8, 4) is 0 Å². The Morgan fingerprint density at radius 3 is 2.79 bits per heavy atom. The topological polar surface area (TPSA) is 37.8 Å². The van der Waals surface area contributed by atoms with Crippen LogP contribution in [0.1, 0.15) is 24.4 Å². The molecule has 2 heterocycles. The minimum atomic E-state index is -0.688. The van der Waals surface area contributed by atoms with E-state index in [-0.39, 0.29) is 11.9 Å². The van der Waals surface area contributed by atoms with Crippen molar-refractivity contribution < 1.29 is 8.60 Å². The number of aromatic nitrogens is 2. The highest BCUT2D eigenvalue weighted by Gasteiger charge is 2.22. The summed E-state index contributed by atoms with van der Waals surface area (Å²) in [5.74, 6) is 1.22. The van der Waals surface area contributed by atoms with E-state index in [9.17, 15) is 8.60 Å². The largest absolute Gasteiger partial charge is 0.330 e. The molecule has 102 valence electrons. The monoisotopic (exact) mass is 298 g/mol. The summed E-state index contributed by atoms with van der Waals surface area (Å²) >= 11 is 5.36. The highest BCUT2D eigenvalue weighted by atomic mass is 32.2. The molecule has 1 aromatic heterocycles. The predicted octanol–water partition coefficient (Wildman–Crippen LogP) is 3.23. The molecule has 0 aliphatic carbocycles. The summed E-state index contributed by atoms with van der Waals surface area (Å²) in [6.07, 6.45) is 1.73. The lowest BCUT2D eigenvalue weighted by molar-refractivity contribution is 0.468. The van der Waals surface area contributed by atoms with Gasteiger partial charge in [-0.2, -0.15) is 0 Å². The lowest BCUT2D eigenvalue weighted by Crippen LogP contribution is -2.21. The van der Waals surface area contributed by atoms with Crippen LogP contribution in [0.5, 0.6) is 0 Å². The third-order valence-electron chi connectivity index (χ3n) is 3.72. The van der Waals surface area contributed by atoms with E-state index in [1.54, 1.807) is 6.92 Å². The number of imidazole rings is 1. The van der Waals surface area contributed by atoms with E-state index < -0.39 is 10.8 Å². The molecule has 2 aromatic rings. The minimum absolute atomic E-state index is 0.222. The maximum absolute atomic E-state index is 13.6. The molecule has 0 spiro atoms. The Kier molecular flexibility index (Phi) is 3.30. The van der Waals surface area contributed by atoms with Gasteiger partial charge >= 0.3 is 0 Å². The van der Waals surface area contributed by atoms with Crippen LogP contribution in [0.2, 0.25) is 0 Å². The van der Waals surface area contributed by atoms with E-state index in [1.165, 1.54) is 6.07 Å². The van der Waals surface area contributed by atoms with Gasteiger partial charge in [0.25, 0.3) is 0 Å². The molecule has 1 aromatic carbocycles. The van der Waals surface area contributed by atoms with Gasteiger partial charge in [-0.3, -0.25) is 4.21 Å². The molecule has 0 amide bonds. The first-order valence-electron chi connectivity index (χ1n) is 6.31. The number of rotatable bonds is 1. The number of nitrogens with one attached hydrogen (secondary N) is 1. The van der Waals surface area contributed by atoms with E-state index in [0.29, 0.717) is 10.3 Å². The number of nitrogens with zero attached hydrogens (tertiary/aromatic N) is 1. The second kappa shape index (κ2) is 4.83. The second-order valence-corrected chi connectivity index (χ2v) is 7.08. The average molecular weight is 298 g/mol.